The van der Waals surface area contributed by atoms with Gasteiger partial charge in [0.25, 0.3) is 0 Å². The molecule has 1 aliphatic carbocycles. The van der Waals surface area contributed by atoms with E-state index in [1.54, 1.807) is 12.3 Å². The highest BCUT2D eigenvalue weighted by atomic mass is 16.2. The maximum Gasteiger partial charge on any atom is 0.240 e. The highest BCUT2D eigenvalue weighted by molar-refractivity contribution is 5.85. The first-order valence-corrected chi connectivity index (χ1v) is 8.94. The van der Waals surface area contributed by atoms with Crippen molar-refractivity contribution >= 4 is 16.8 Å². The predicted octanol–water partition coefficient (Wildman–Crippen LogP) is 3.46. The summed E-state index contributed by atoms with van der Waals surface area (Å²) in [5, 5.41) is 3.89. The van der Waals surface area contributed by atoms with E-state index in [1.807, 2.05) is 30.5 Å². The molecule has 2 aromatic rings. The molecule has 1 saturated carbocycles. The van der Waals surface area contributed by atoms with Gasteiger partial charge in [0.2, 0.25) is 5.91 Å². The molecule has 3 rings (SSSR count). The fourth-order valence-electron chi connectivity index (χ4n) is 3.80. The molecule has 0 saturated heterocycles. The number of hydrogen-bond acceptors (Lipinski definition) is 2. The van der Waals surface area contributed by atoms with Gasteiger partial charge >= 0.3 is 0 Å². The van der Waals surface area contributed by atoms with E-state index in [1.165, 1.54) is 25.7 Å². The van der Waals surface area contributed by atoms with Gasteiger partial charge in [0, 0.05) is 23.7 Å². The summed E-state index contributed by atoms with van der Waals surface area (Å²) in [4.78, 5) is 24.7. The zero-order valence-corrected chi connectivity index (χ0v) is 14.6. The highest BCUT2D eigenvalue weighted by Crippen LogP contribution is 2.19. The third-order valence-electron chi connectivity index (χ3n) is 4.95. The number of pyridine rings is 1. The Labute approximate surface area is 142 Å². The van der Waals surface area contributed by atoms with Crippen LogP contribution in [0.4, 0.5) is 0 Å². The summed E-state index contributed by atoms with van der Waals surface area (Å²) < 4.78 is 1.89. The van der Waals surface area contributed by atoms with Crippen LogP contribution in [-0.4, -0.2) is 16.5 Å². The number of benzene rings is 1. The van der Waals surface area contributed by atoms with Gasteiger partial charge in [-0.15, -0.1) is 0 Å². The Balaban J connectivity index is 1.83. The molecule has 1 heterocycles. The second-order valence-corrected chi connectivity index (χ2v) is 7.04. The highest BCUT2D eigenvalue weighted by Gasteiger charge is 2.15. The third-order valence-corrected chi connectivity index (χ3v) is 4.95. The Morgan fingerprint density at radius 3 is 2.58 bits per heavy atom. The second kappa shape index (κ2) is 7.20. The van der Waals surface area contributed by atoms with Crippen LogP contribution in [0.2, 0.25) is 0 Å². The molecule has 1 fully saturated rings. The Hall–Kier alpha value is -2.10. The van der Waals surface area contributed by atoms with Crippen LogP contribution in [0, 0.1) is 13.8 Å². The lowest BCUT2D eigenvalue weighted by atomic mass is 10.1. The van der Waals surface area contributed by atoms with Gasteiger partial charge in [0.1, 0.15) is 6.54 Å². The van der Waals surface area contributed by atoms with Crippen LogP contribution >= 0.6 is 0 Å². The minimum absolute atomic E-state index is 0.0166. The molecular formula is C20H26N2O2. The van der Waals surface area contributed by atoms with E-state index in [2.05, 4.69) is 5.32 Å². The average molecular weight is 326 g/mol. The van der Waals surface area contributed by atoms with Gasteiger partial charge in [-0.25, -0.2) is 0 Å². The molecule has 1 aromatic carbocycles. The molecule has 0 atom stereocenters. The van der Waals surface area contributed by atoms with Crippen molar-refractivity contribution in [2.75, 3.05) is 0 Å². The largest absolute Gasteiger partial charge is 0.352 e. The first-order valence-electron chi connectivity index (χ1n) is 8.94. The molecule has 24 heavy (non-hydrogen) atoms. The zero-order chi connectivity index (χ0) is 17.1. The number of fused-ring (bicyclic) bond motifs is 1. The summed E-state index contributed by atoms with van der Waals surface area (Å²) in [7, 11) is 0. The second-order valence-electron chi connectivity index (χ2n) is 7.04. The fourth-order valence-corrected chi connectivity index (χ4v) is 3.80. The molecule has 0 bridgehead atoms. The summed E-state index contributed by atoms with van der Waals surface area (Å²) in [6, 6.07) is 5.86. The Morgan fingerprint density at radius 2 is 1.88 bits per heavy atom. The van der Waals surface area contributed by atoms with Crippen molar-refractivity contribution in [3.05, 3.63) is 45.7 Å². The molecule has 1 N–H and O–H groups in total. The van der Waals surface area contributed by atoms with Crippen molar-refractivity contribution in [3.8, 4) is 0 Å². The topological polar surface area (TPSA) is 51.1 Å². The van der Waals surface area contributed by atoms with Gasteiger partial charge in [-0.3, -0.25) is 9.59 Å². The van der Waals surface area contributed by atoms with E-state index in [9.17, 15) is 9.59 Å². The number of nitrogens with one attached hydrogen (secondary N) is 1. The van der Waals surface area contributed by atoms with E-state index in [0.29, 0.717) is 11.4 Å². The number of amides is 1. The third kappa shape index (κ3) is 3.69. The lowest BCUT2D eigenvalue weighted by Gasteiger charge is -2.18. The summed E-state index contributed by atoms with van der Waals surface area (Å²) in [5.41, 5.74) is 2.93. The molecule has 1 aliphatic rings. The van der Waals surface area contributed by atoms with Gasteiger partial charge < -0.3 is 9.88 Å². The van der Waals surface area contributed by atoms with Crippen molar-refractivity contribution in [1.29, 1.82) is 0 Å². The maximum absolute atomic E-state index is 12.5. The summed E-state index contributed by atoms with van der Waals surface area (Å²) in [6.07, 6.45) is 8.83. The van der Waals surface area contributed by atoms with Crippen LogP contribution in [0.25, 0.3) is 10.9 Å². The number of carbonyl (C=O) groups excluding carboxylic acids is 1. The summed E-state index contributed by atoms with van der Waals surface area (Å²) in [5.74, 6) is 0.0333. The van der Waals surface area contributed by atoms with Crippen LogP contribution < -0.4 is 10.7 Å². The summed E-state index contributed by atoms with van der Waals surface area (Å²) >= 11 is 0. The van der Waals surface area contributed by atoms with Crippen LogP contribution in [0.3, 0.4) is 0 Å². The number of aryl methyl sites for hydroxylation is 2. The molecule has 128 valence electrons. The van der Waals surface area contributed by atoms with E-state index in [4.69, 9.17) is 0 Å². The van der Waals surface area contributed by atoms with Crippen LogP contribution in [0.1, 0.15) is 49.7 Å². The Morgan fingerprint density at radius 1 is 1.17 bits per heavy atom. The number of aromatic nitrogens is 1. The molecular weight excluding hydrogens is 300 g/mol. The zero-order valence-electron chi connectivity index (χ0n) is 14.6. The molecule has 1 amide bonds. The van der Waals surface area contributed by atoms with Gasteiger partial charge in [0.05, 0.1) is 5.52 Å². The monoisotopic (exact) mass is 326 g/mol. The minimum atomic E-state index is 0.0166. The number of nitrogens with zero attached hydrogens (tertiary/aromatic N) is 1. The van der Waals surface area contributed by atoms with Gasteiger partial charge in [-0.05, 0) is 43.9 Å². The predicted molar refractivity (Wildman–Crippen MR) is 97.3 cm³/mol. The van der Waals surface area contributed by atoms with Gasteiger partial charge in [0.15, 0.2) is 5.43 Å². The van der Waals surface area contributed by atoms with E-state index in [-0.39, 0.29) is 17.9 Å². The minimum Gasteiger partial charge on any atom is -0.352 e. The number of carbonyl (C=O) groups is 1. The standard InChI is InChI=1S/C20H26N2O2/c1-14-11-15(2)20-17(12-14)22(10-9-18(20)23)13-19(24)21-16-7-5-3-4-6-8-16/h9-12,16H,3-8,13H2,1-2H3,(H,21,24). The molecule has 1 aromatic heterocycles. The molecule has 0 radical (unpaired) electrons. The SMILES string of the molecule is Cc1cc(C)c2c(=O)ccn(CC(=O)NC3CCCCCC3)c2c1. The molecule has 4 heteroatoms. The molecule has 0 aliphatic heterocycles. The number of hydrogen-bond donors (Lipinski definition) is 1. The summed E-state index contributed by atoms with van der Waals surface area (Å²) in [6.45, 7) is 4.22. The first-order chi connectivity index (χ1) is 11.5. The van der Waals surface area contributed by atoms with Gasteiger partial charge in [-0.1, -0.05) is 31.7 Å². The Bertz CT molecular complexity index is 799. The molecule has 0 spiro atoms. The van der Waals surface area contributed by atoms with Crippen molar-refractivity contribution in [2.24, 2.45) is 0 Å². The maximum atomic E-state index is 12.5. The smallest absolute Gasteiger partial charge is 0.240 e. The van der Waals surface area contributed by atoms with Crippen molar-refractivity contribution in [2.45, 2.75) is 65.0 Å². The van der Waals surface area contributed by atoms with Crippen LogP contribution in [-0.2, 0) is 11.3 Å². The van der Waals surface area contributed by atoms with Crippen LogP contribution in [0.15, 0.2) is 29.2 Å². The lowest BCUT2D eigenvalue weighted by Crippen LogP contribution is -2.36. The lowest BCUT2D eigenvalue weighted by molar-refractivity contribution is -0.122. The normalized spacial score (nSPS) is 16.1. The first kappa shape index (κ1) is 16.7. The van der Waals surface area contributed by atoms with E-state index >= 15 is 0 Å². The van der Waals surface area contributed by atoms with Crippen molar-refractivity contribution in [1.82, 2.24) is 9.88 Å². The average Bonchev–Trinajstić information content (AvgIpc) is 2.78. The van der Waals surface area contributed by atoms with Crippen LogP contribution in [0.5, 0.6) is 0 Å². The van der Waals surface area contributed by atoms with E-state index < -0.39 is 0 Å². The van der Waals surface area contributed by atoms with Gasteiger partial charge in [-0.2, -0.15) is 0 Å². The molecule has 4 nitrogen and oxygen atoms in total. The molecule has 0 unspecified atom stereocenters. The Kier molecular flexibility index (Phi) is 5.03. The van der Waals surface area contributed by atoms with E-state index in [0.717, 1.165) is 29.5 Å². The number of rotatable bonds is 3. The van der Waals surface area contributed by atoms with Crippen molar-refractivity contribution < 1.29 is 4.79 Å². The van der Waals surface area contributed by atoms with Crippen molar-refractivity contribution in [3.63, 3.8) is 0 Å². The fraction of sp³-hybridized carbons (Fsp3) is 0.500. The quantitative estimate of drug-likeness (QED) is 0.878.